The lowest BCUT2D eigenvalue weighted by atomic mass is 10.0. The maximum atomic E-state index is 5.81. The average Bonchev–Trinajstić information content (AvgIpc) is 2.46. The van der Waals surface area contributed by atoms with E-state index in [1.807, 2.05) is 19.9 Å². The summed E-state index contributed by atoms with van der Waals surface area (Å²) in [5.41, 5.74) is 2.67. The molecule has 0 amide bonds. The molecule has 0 saturated carbocycles. The summed E-state index contributed by atoms with van der Waals surface area (Å²) < 4.78 is 11.5. The number of rotatable bonds is 4. The summed E-state index contributed by atoms with van der Waals surface area (Å²) in [6, 6.07) is 12.7. The van der Waals surface area contributed by atoms with Gasteiger partial charge in [-0.1, -0.05) is 30.0 Å². The van der Waals surface area contributed by atoms with Crippen LogP contribution < -0.4 is 9.47 Å². The molecule has 104 valence electrons. The van der Waals surface area contributed by atoms with E-state index in [4.69, 9.17) is 9.47 Å². The number of hydrogen-bond acceptors (Lipinski definition) is 3. The van der Waals surface area contributed by atoms with Gasteiger partial charge in [0.05, 0.1) is 18.1 Å². The molecule has 0 unspecified atom stereocenters. The van der Waals surface area contributed by atoms with E-state index >= 15 is 0 Å². The lowest BCUT2D eigenvalue weighted by molar-refractivity contribution is 0.316. The average molecular weight is 286 g/mol. The minimum Gasteiger partial charge on any atom is -0.494 e. The number of ether oxygens (including phenoxy) is 2. The van der Waals surface area contributed by atoms with Crippen LogP contribution in [0.2, 0.25) is 0 Å². The van der Waals surface area contributed by atoms with Gasteiger partial charge in [0.1, 0.15) is 11.5 Å². The summed E-state index contributed by atoms with van der Waals surface area (Å²) in [7, 11) is 0. The molecule has 0 spiro atoms. The summed E-state index contributed by atoms with van der Waals surface area (Å²) in [5, 5.41) is 0. The molecule has 1 aliphatic heterocycles. The molecule has 3 rings (SSSR count). The molecule has 3 heteroatoms. The fourth-order valence-corrected chi connectivity index (χ4v) is 3.57. The van der Waals surface area contributed by atoms with Crippen molar-refractivity contribution >= 4 is 11.8 Å². The maximum absolute atomic E-state index is 5.81. The molecule has 0 saturated heterocycles. The van der Waals surface area contributed by atoms with Crippen LogP contribution in [0.25, 0.3) is 0 Å². The van der Waals surface area contributed by atoms with Crippen LogP contribution in [0.3, 0.4) is 0 Å². The quantitative estimate of drug-likeness (QED) is 0.701. The first-order valence-corrected chi connectivity index (χ1v) is 7.81. The van der Waals surface area contributed by atoms with Gasteiger partial charge in [0.25, 0.3) is 0 Å². The van der Waals surface area contributed by atoms with Crippen molar-refractivity contribution in [3.05, 3.63) is 47.5 Å². The molecular weight excluding hydrogens is 268 g/mol. The Morgan fingerprint density at radius 1 is 1.00 bits per heavy atom. The van der Waals surface area contributed by atoms with Gasteiger partial charge in [-0.15, -0.1) is 0 Å². The lowest BCUT2D eigenvalue weighted by Crippen LogP contribution is -2.04. The van der Waals surface area contributed by atoms with Gasteiger partial charge < -0.3 is 9.47 Å². The largest absolute Gasteiger partial charge is 0.494 e. The second-order valence-corrected chi connectivity index (χ2v) is 5.71. The normalized spacial score (nSPS) is 12.5. The molecule has 1 aliphatic rings. The first-order chi connectivity index (χ1) is 9.81. The molecular formula is C17H18O2S. The topological polar surface area (TPSA) is 18.5 Å². The summed E-state index contributed by atoms with van der Waals surface area (Å²) in [5.74, 6) is 1.84. The predicted octanol–water partition coefficient (Wildman–Crippen LogP) is 4.54. The number of benzene rings is 2. The summed E-state index contributed by atoms with van der Waals surface area (Å²) in [6.07, 6.45) is 0.944. The van der Waals surface area contributed by atoms with Crippen molar-refractivity contribution in [3.63, 3.8) is 0 Å². The Kier molecular flexibility index (Phi) is 3.88. The van der Waals surface area contributed by atoms with E-state index < -0.39 is 0 Å². The SMILES string of the molecule is CCOc1cc2c(c(OCC)c1)Sc1ccccc1C2. The second kappa shape index (κ2) is 5.80. The molecule has 0 aromatic heterocycles. The van der Waals surface area contributed by atoms with Crippen LogP contribution in [0.5, 0.6) is 11.5 Å². The molecule has 0 atom stereocenters. The van der Waals surface area contributed by atoms with Crippen LogP contribution in [0, 0.1) is 0 Å². The minimum atomic E-state index is 0.671. The zero-order valence-electron chi connectivity index (χ0n) is 11.8. The van der Waals surface area contributed by atoms with Gasteiger partial charge in [-0.05, 0) is 43.5 Å². The number of fused-ring (bicyclic) bond motifs is 2. The van der Waals surface area contributed by atoms with Crippen molar-refractivity contribution in [2.75, 3.05) is 13.2 Å². The molecule has 2 aromatic rings. The molecule has 0 aliphatic carbocycles. The van der Waals surface area contributed by atoms with E-state index in [0.717, 1.165) is 17.9 Å². The second-order valence-electron chi connectivity index (χ2n) is 4.66. The minimum absolute atomic E-state index is 0.671. The third-order valence-electron chi connectivity index (χ3n) is 3.28. The molecule has 0 bridgehead atoms. The molecule has 0 radical (unpaired) electrons. The van der Waals surface area contributed by atoms with Crippen LogP contribution in [0.4, 0.5) is 0 Å². The van der Waals surface area contributed by atoms with E-state index in [2.05, 4.69) is 30.3 Å². The molecule has 0 N–H and O–H groups in total. The zero-order chi connectivity index (χ0) is 13.9. The zero-order valence-corrected chi connectivity index (χ0v) is 12.6. The highest BCUT2D eigenvalue weighted by Gasteiger charge is 2.21. The summed E-state index contributed by atoms with van der Waals surface area (Å²) in [4.78, 5) is 2.55. The van der Waals surface area contributed by atoms with Gasteiger partial charge >= 0.3 is 0 Å². The first-order valence-electron chi connectivity index (χ1n) is 7.00. The summed E-state index contributed by atoms with van der Waals surface area (Å²) in [6.45, 7) is 5.36. The molecule has 2 aromatic carbocycles. The monoisotopic (exact) mass is 286 g/mol. The maximum Gasteiger partial charge on any atom is 0.137 e. The summed E-state index contributed by atoms with van der Waals surface area (Å²) >= 11 is 1.80. The first kappa shape index (κ1) is 13.4. The van der Waals surface area contributed by atoms with Crippen LogP contribution in [0.15, 0.2) is 46.2 Å². The molecule has 0 fully saturated rings. The van der Waals surface area contributed by atoms with Gasteiger partial charge in [-0.25, -0.2) is 0 Å². The van der Waals surface area contributed by atoms with Gasteiger partial charge in [0.15, 0.2) is 0 Å². The third-order valence-corrected chi connectivity index (χ3v) is 4.57. The van der Waals surface area contributed by atoms with E-state index in [0.29, 0.717) is 13.2 Å². The van der Waals surface area contributed by atoms with Gasteiger partial charge in [-0.3, -0.25) is 0 Å². The van der Waals surface area contributed by atoms with E-state index in [1.165, 1.54) is 20.9 Å². The lowest BCUT2D eigenvalue weighted by Gasteiger charge is -2.22. The van der Waals surface area contributed by atoms with E-state index in [-0.39, 0.29) is 0 Å². The van der Waals surface area contributed by atoms with Crippen molar-refractivity contribution in [1.82, 2.24) is 0 Å². The Labute approximate surface area is 124 Å². The Hall–Kier alpha value is -1.61. The van der Waals surface area contributed by atoms with Crippen LogP contribution in [-0.4, -0.2) is 13.2 Å². The highest BCUT2D eigenvalue weighted by Crippen LogP contribution is 2.46. The smallest absolute Gasteiger partial charge is 0.137 e. The van der Waals surface area contributed by atoms with Crippen molar-refractivity contribution < 1.29 is 9.47 Å². The fraction of sp³-hybridized carbons (Fsp3) is 0.294. The van der Waals surface area contributed by atoms with Crippen molar-refractivity contribution in [2.45, 2.75) is 30.1 Å². The molecule has 1 heterocycles. The predicted molar refractivity (Wildman–Crippen MR) is 82.2 cm³/mol. The van der Waals surface area contributed by atoms with E-state index in [1.54, 1.807) is 11.8 Å². The van der Waals surface area contributed by atoms with Crippen molar-refractivity contribution in [1.29, 1.82) is 0 Å². The van der Waals surface area contributed by atoms with Gasteiger partial charge in [0.2, 0.25) is 0 Å². The van der Waals surface area contributed by atoms with Crippen LogP contribution in [-0.2, 0) is 6.42 Å². The Balaban J connectivity index is 2.04. The third kappa shape index (κ3) is 2.50. The Bertz CT molecular complexity index is 622. The van der Waals surface area contributed by atoms with Crippen molar-refractivity contribution in [2.24, 2.45) is 0 Å². The highest BCUT2D eigenvalue weighted by atomic mass is 32.2. The highest BCUT2D eigenvalue weighted by molar-refractivity contribution is 7.99. The number of hydrogen-bond donors (Lipinski definition) is 0. The molecule has 20 heavy (non-hydrogen) atoms. The fourth-order valence-electron chi connectivity index (χ4n) is 2.46. The van der Waals surface area contributed by atoms with Gasteiger partial charge in [0, 0.05) is 11.0 Å². The van der Waals surface area contributed by atoms with Gasteiger partial charge in [-0.2, -0.15) is 0 Å². The van der Waals surface area contributed by atoms with Crippen LogP contribution in [0.1, 0.15) is 25.0 Å². The van der Waals surface area contributed by atoms with Crippen molar-refractivity contribution in [3.8, 4) is 11.5 Å². The van der Waals surface area contributed by atoms with Crippen LogP contribution >= 0.6 is 11.8 Å². The molecule has 2 nitrogen and oxygen atoms in total. The Morgan fingerprint density at radius 3 is 2.60 bits per heavy atom. The van der Waals surface area contributed by atoms with E-state index in [9.17, 15) is 0 Å². The Morgan fingerprint density at radius 2 is 1.80 bits per heavy atom. The standard InChI is InChI=1S/C17H18O2S/c1-3-18-14-10-13-9-12-7-5-6-8-16(12)20-17(13)15(11-14)19-4-2/h5-8,10-11H,3-4,9H2,1-2H3.